The Bertz CT molecular complexity index is 377. The molecule has 0 aromatic carbocycles. The zero-order valence-electron chi connectivity index (χ0n) is 9.28. The van der Waals surface area contributed by atoms with E-state index in [2.05, 4.69) is 20.7 Å². The van der Waals surface area contributed by atoms with Crippen molar-refractivity contribution in [2.75, 3.05) is 11.1 Å². The molecular formula is C8H12BrF3O5S. The molecule has 0 aromatic heterocycles. The predicted molar refractivity (Wildman–Crippen MR) is 59.9 cm³/mol. The molecule has 0 radical (unpaired) electrons. The van der Waals surface area contributed by atoms with Crippen LogP contribution in [0.25, 0.3) is 0 Å². The van der Waals surface area contributed by atoms with Crippen LogP contribution in [0.1, 0.15) is 13.3 Å². The van der Waals surface area contributed by atoms with Crippen LogP contribution in [-0.4, -0.2) is 42.3 Å². The number of ether oxygens (including phenoxy) is 1. The molecule has 0 rings (SSSR count). The first-order valence-corrected chi connectivity index (χ1v) is 7.52. The van der Waals surface area contributed by atoms with Crippen LogP contribution in [-0.2, 0) is 19.6 Å². The molecule has 0 fully saturated rings. The zero-order chi connectivity index (χ0) is 14.6. The summed E-state index contributed by atoms with van der Waals surface area (Å²) in [5.74, 6) is -3.68. The lowest BCUT2D eigenvalue weighted by atomic mass is 10.1. The number of rotatable bonds is 6. The van der Waals surface area contributed by atoms with Gasteiger partial charge in [0.25, 0.3) is 10.1 Å². The van der Waals surface area contributed by atoms with Gasteiger partial charge in [-0.1, -0.05) is 22.9 Å². The van der Waals surface area contributed by atoms with Crippen molar-refractivity contribution >= 4 is 32.0 Å². The van der Waals surface area contributed by atoms with Crippen molar-refractivity contribution in [3.05, 3.63) is 0 Å². The van der Waals surface area contributed by atoms with Crippen molar-refractivity contribution in [2.45, 2.75) is 25.6 Å². The summed E-state index contributed by atoms with van der Waals surface area (Å²) in [6.07, 6.45) is -7.69. The Labute approximate surface area is 111 Å². The van der Waals surface area contributed by atoms with Crippen LogP contribution in [0, 0.1) is 5.92 Å². The second-order valence-electron chi connectivity index (χ2n) is 3.48. The largest absolute Gasteiger partial charge is 0.451 e. The van der Waals surface area contributed by atoms with Gasteiger partial charge in [-0.2, -0.15) is 21.6 Å². The van der Waals surface area contributed by atoms with E-state index in [-0.39, 0.29) is 11.8 Å². The molecule has 0 aliphatic carbocycles. The van der Waals surface area contributed by atoms with Crippen molar-refractivity contribution in [2.24, 2.45) is 5.92 Å². The molecule has 0 saturated carbocycles. The molecule has 0 bridgehead atoms. The number of esters is 1. The number of hydrogen-bond donors (Lipinski definition) is 1. The lowest BCUT2D eigenvalue weighted by molar-refractivity contribution is -0.217. The number of carbonyl (C=O) groups excluding carboxylic acids is 1. The summed E-state index contributed by atoms with van der Waals surface area (Å²) in [6.45, 7) is 1.57. The predicted octanol–water partition coefficient (Wildman–Crippen LogP) is 1.77. The summed E-state index contributed by atoms with van der Waals surface area (Å²) >= 11 is 2.93. The van der Waals surface area contributed by atoms with Gasteiger partial charge in [0.15, 0.2) is 0 Å². The molecule has 0 heterocycles. The third-order valence-corrected chi connectivity index (χ3v) is 3.50. The van der Waals surface area contributed by atoms with Crippen LogP contribution in [0.15, 0.2) is 0 Å². The van der Waals surface area contributed by atoms with E-state index >= 15 is 0 Å². The van der Waals surface area contributed by atoms with Crippen molar-refractivity contribution in [3.63, 3.8) is 0 Å². The van der Waals surface area contributed by atoms with Crippen LogP contribution >= 0.6 is 15.9 Å². The van der Waals surface area contributed by atoms with Crippen LogP contribution in [0.4, 0.5) is 13.2 Å². The Hall–Kier alpha value is -0.350. The average molecular weight is 357 g/mol. The fraction of sp³-hybridized carbons (Fsp3) is 0.875. The van der Waals surface area contributed by atoms with Crippen LogP contribution in [0.5, 0.6) is 0 Å². The molecule has 1 N–H and O–H groups in total. The SMILES string of the molecule is CCC(CBr)C(=O)OC(CS(=O)(=O)O)C(F)(F)F. The molecular weight excluding hydrogens is 345 g/mol. The molecule has 0 spiro atoms. The van der Waals surface area contributed by atoms with E-state index < -0.39 is 40.0 Å². The molecule has 0 aliphatic heterocycles. The minimum atomic E-state index is -5.06. The molecule has 10 heteroatoms. The van der Waals surface area contributed by atoms with E-state index in [1.807, 2.05) is 0 Å². The van der Waals surface area contributed by atoms with Gasteiger partial charge < -0.3 is 4.74 Å². The maximum atomic E-state index is 12.4. The Morgan fingerprint density at radius 1 is 1.44 bits per heavy atom. The van der Waals surface area contributed by atoms with E-state index in [4.69, 9.17) is 4.55 Å². The van der Waals surface area contributed by atoms with E-state index in [0.717, 1.165) is 0 Å². The van der Waals surface area contributed by atoms with Gasteiger partial charge in [0.2, 0.25) is 6.10 Å². The van der Waals surface area contributed by atoms with E-state index in [9.17, 15) is 26.4 Å². The Kier molecular flexibility index (Phi) is 6.58. The third kappa shape index (κ3) is 6.55. The maximum Gasteiger partial charge on any atom is 0.426 e. The molecule has 0 aromatic rings. The Balaban J connectivity index is 4.87. The second kappa shape index (κ2) is 6.71. The van der Waals surface area contributed by atoms with Gasteiger partial charge in [0.1, 0.15) is 5.75 Å². The number of hydrogen-bond acceptors (Lipinski definition) is 4. The average Bonchev–Trinajstić information content (AvgIpc) is 2.15. The van der Waals surface area contributed by atoms with E-state index in [1.54, 1.807) is 6.92 Å². The van der Waals surface area contributed by atoms with Gasteiger partial charge in [-0.25, -0.2) is 0 Å². The molecule has 2 atom stereocenters. The number of alkyl halides is 4. The summed E-state index contributed by atoms with van der Waals surface area (Å²) in [4.78, 5) is 11.3. The molecule has 2 unspecified atom stereocenters. The standard InChI is InChI=1S/C8H12BrF3O5S/c1-2-5(3-9)7(13)17-6(8(10,11)12)4-18(14,15)16/h5-6H,2-4H2,1H3,(H,14,15,16). The Morgan fingerprint density at radius 3 is 2.22 bits per heavy atom. The highest BCUT2D eigenvalue weighted by molar-refractivity contribution is 9.09. The van der Waals surface area contributed by atoms with E-state index in [1.165, 1.54) is 0 Å². The monoisotopic (exact) mass is 356 g/mol. The summed E-state index contributed by atoms with van der Waals surface area (Å²) in [5.41, 5.74) is 0. The Morgan fingerprint density at radius 2 is 1.94 bits per heavy atom. The first-order valence-electron chi connectivity index (χ1n) is 4.79. The smallest absolute Gasteiger partial charge is 0.426 e. The van der Waals surface area contributed by atoms with Gasteiger partial charge in [-0.3, -0.25) is 9.35 Å². The van der Waals surface area contributed by atoms with Crippen molar-refractivity contribution in [1.82, 2.24) is 0 Å². The molecule has 108 valence electrons. The molecule has 5 nitrogen and oxygen atoms in total. The highest BCUT2D eigenvalue weighted by atomic mass is 79.9. The highest BCUT2D eigenvalue weighted by Gasteiger charge is 2.46. The van der Waals surface area contributed by atoms with Crippen molar-refractivity contribution in [1.29, 1.82) is 0 Å². The summed E-state index contributed by atoms with van der Waals surface area (Å²) in [7, 11) is -4.90. The molecule has 18 heavy (non-hydrogen) atoms. The van der Waals surface area contributed by atoms with Gasteiger partial charge in [-0.05, 0) is 6.42 Å². The molecule has 0 amide bonds. The zero-order valence-corrected chi connectivity index (χ0v) is 11.7. The van der Waals surface area contributed by atoms with Crippen LogP contribution in [0.2, 0.25) is 0 Å². The first-order chi connectivity index (χ1) is 8.01. The van der Waals surface area contributed by atoms with Gasteiger partial charge in [0.05, 0.1) is 5.92 Å². The number of carbonyl (C=O) groups is 1. The summed E-state index contributed by atoms with van der Waals surface area (Å²) in [5, 5.41) is 0.0960. The lowest BCUT2D eigenvalue weighted by Crippen LogP contribution is -2.41. The first kappa shape index (κ1) is 17.6. The quantitative estimate of drug-likeness (QED) is 0.445. The van der Waals surface area contributed by atoms with Crippen molar-refractivity contribution < 1.29 is 35.7 Å². The lowest BCUT2D eigenvalue weighted by Gasteiger charge is -2.21. The fourth-order valence-corrected chi connectivity index (χ4v) is 2.32. The normalized spacial score (nSPS) is 16.1. The molecule has 0 aliphatic rings. The van der Waals surface area contributed by atoms with Gasteiger partial charge >= 0.3 is 12.1 Å². The van der Waals surface area contributed by atoms with E-state index in [0.29, 0.717) is 0 Å². The summed E-state index contributed by atoms with van der Waals surface area (Å²) in [6, 6.07) is 0. The topological polar surface area (TPSA) is 80.7 Å². The number of halogens is 4. The van der Waals surface area contributed by atoms with Crippen molar-refractivity contribution in [3.8, 4) is 0 Å². The fourth-order valence-electron chi connectivity index (χ4n) is 0.962. The van der Waals surface area contributed by atoms with Crippen LogP contribution in [0.3, 0.4) is 0 Å². The highest BCUT2D eigenvalue weighted by Crippen LogP contribution is 2.25. The minimum Gasteiger partial charge on any atom is -0.451 e. The van der Waals surface area contributed by atoms with Gasteiger partial charge in [0, 0.05) is 5.33 Å². The molecule has 0 saturated heterocycles. The van der Waals surface area contributed by atoms with Crippen LogP contribution < -0.4 is 0 Å². The summed E-state index contributed by atoms with van der Waals surface area (Å²) < 4.78 is 70.6. The third-order valence-electron chi connectivity index (χ3n) is 2.00. The second-order valence-corrected chi connectivity index (χ2v) is 5.62. The maximum absolute atomic E-state index is 12.4. The van der Waals surface area contributed by atoms with Gasteiger partial charge in [-0.15, -0.1) is 0 Å². The minimum absolute atomic E-state index is 0.0960.